The van der Waals surface area contributed by atoms with E-state index in [0.717, 1.165) is 11.5 Å². The van der Waals surface area contributed by atoms with Gasteiger partial charge in [0, 0.05) is 5.56 Å². The summed E-state index contributed by atoms with van der Waals surface area (Å²) in [4.78, 5) is 0. The van der Waals surface area contributed by atoms with E-state index in [1.807, 2.05) is 12.1 Å². The fourth-order valence-electron chi connectivity index (χ4n) is 1.81. The van der Waals surface area contributed by atoms with E-state index in [1.165, 1.54) is 18.4 Å². The Morgan fingerprint density at radius 3 is 2.56 bits per heavy atom. The molecule has 0 saturated carbocycles. The summed E-state index contributed by atoms with van der Waals surface area (Å²) in [5, 5.41) is 0. The van der Waals surface area contributed by atoms with Crippen LogP contribution in [0.1, 0.15) is 51.7 Å². The van der Waals surface area contributed by atoms with E-state index >= 15 is 0 Å². The lowest BCUT2D eigenvalue weighted by molar-refractivity contribution is 0.414. The van der Waals surface area contributed by atoms with E-state index < -0.39 is 0 Å². The molecule has 0 saturated heterocycles. The smallest absolute Gasteiger partial charge is 0.0258 e. The van der Waals surface area contributed by atoms with Crippen LogP contribution in [0.25, 0.3) is 0 Å². The average Bonchev–Trinajstić information content (AvgIpc) is 2.27. The zero-order valence-electron chi connectivity index (χ0n) is 10.8. The summed E-state index contributed by atoms with van der Waals surface area (Å²) in [7, 11) is 0. The van der Waals surface area contributed by atoms with Gasteiger partial charge in [-0.2, -0.15) is 0 Å². The molecule has 1 aromatic carbocycles. The van der Waals surface area contributed by atoms with Crippen molar-refractivity contribution in [1.29, 1.82) is 0 Å². The topological polar surface area (TPSA) is 0 Å². The zero-order chi connectivity index (χ0) is 12.2. The first-order valence-electron chi connectivity index (χ1n) is 5.99. The van der Waals surface area contributed by atoms with E-state index in [0.29, 0.717) is 0 Å². The van der Waals surface area contributed by atoms with Crippen molar-refractivity contribution >= 4 is 0 Å². The van der Waals surface area contributed by atoms with Gasteiger partial charge in [-0.3, -0.25) is 0 Å². The van der Waals surface area contributed by atoms with Crippen LogP contribution in [0.4, 0.5) is 0 Å². The van der Waals surface area contributed by atoms with Crippen LogP contribution in [0.2, 0.25) is 0 Å². The van der Waals surface area contributed by atoms with Gasteiger partial charge in [0.2, 0.25) is 0 Å². The van der Waals surface area contributed by atoms with Gasteiger partial charge in [-0.25, -0.2) is 0 Å². The van der Waals surface area contributed by atoms with E-state index in [-0.39, 0.29) is 5.41 Å². The van der Waals surface area contributed by atoms with E-state index in [9.17, 15) is 0 Å². The number of hydrogen-bond acceptors (Lipinski definition) is 0. The summed E-state index contributed by atoms with van der Waals surface area (Å²) in [5.74, 6) is 3.20. The molecule has 0 N–H and O–H groups in total. The lowest BCUT2D eigenvalue weighted by Crippen LogP contribution is -2.18. The monoisotopic (exact) mass is 213 g/mol. The molecule has 0 heteroatoms. The second-order valence-electron chi connectivity index (χ2n) is 5.52. The molecule has 0 aliphatic carbocycles. The van der Waals surface area contributed by atoms with Gasteiger partial charge >= 0.3 is 0 Å². The van der Waals surface area contributed by atoms with Gasteiger partial charge < -0.3 is 0 Å². The molecule has 1 rings (SSSR count). The molecule has 0 heterocycles. The minimum absolute atomic E-state index is 0.192. The van der Waals surface area contributed by atoms with Crippen molar-refractivity contribution in [3.8, 4) is 5.92 Å². The summed E-state index contributed by atoms with van der Waals surface area (Å²) in [6.45, 7) is 9.08. The molecule has 0 aliphatic rings. The van der Waals surface area contributed by atoms with Crippen molar-refractivity contribution in [2.75, 3.05) is 0 Å². The second-order valence-corrected chi connectivity index (χ2v) is 5.52. The summed E-state index contributed by atoms with van der Waals surface area (Å²) < 4.78 is 0. The molecule has 0 atom stereocenters. The maximum atomic E-state index is 7.17. The van der Waals surface area contributed by atoms with E-state index in [4.69, 9.17) is 6.42 Å². The zero-order valence-corrected chi connectivity index (χ0v) is 10.8. The highest BCUT2D eigenvalue weighted by atomic mass is 14.2. The second kappa shape index (κ2) is 5.21. The van der Waals surface area contributed by atoms with Crippen LogP contribution in [0.15, 0.2) is 24.3 Å². The molecule has 0 unspecified atom stereocenters. The van der Waals surface area contributed by atoms with Crippen LogP contribution in [-0.2, 0) is 5.41 Å². The summed E-state index contributed by atoms with van der Waals surface area (Å²) in [5.41, 5.74) is 2.37. The van der Waals surface area contributed by atoms with Crippen LogP contribution in [0, 0.1) is 18.3 Å². The van der Waals surface area contributed by atoms with Crippen molar-refractivity contribution in [3.05, 3.63) is 41.8 Å². The molecular weight excluding hydrogens is 192 g/mol. The van der Waals surface area contributed by atoms with Crippen molar-refractivity contribution in [3.63, 3.8) is 0 Å². The Bertz CT molecular complexity index is 377. The maximum Gasteiger partial charge on any atom is 0.0258 e. The van der Waals surface area contributed by atoms with Crippen molar-refractivity contribution < 1.29 is 0 Å². The number of benzene rings is 1. The van der Waals surface area contributed by atoms with Gasteiger partial charge in [-0.05, 0) is 41.9 Å². The first-order valence-corrected chi connectivity index (χ1v) is 5.99. The predicted octanol–water partition coefficient (Wildman–Crippen LogP) is 4.34. The summed E-state index contributed by atoms with van der Waals surface area (Å²) >= 11 is 0. The van der Waals surface area contributed by atoms with Crippen molar-refractivity contribution in [2.24, 2.45) is 5.92 Å². The Morgan fingerprint density at radius 1 is 1.31 bits per heavy atom. The SMILES string of the molecule is [C]#Cc1cccc(C(C)(C)CCC(C)C)c1. The molecule has 0 bridgehead atoms. The van der Waals surface area contributed by atoms with Gasteiger partial charge in [0.25, 0.3) is 0 Å². The maximum absolute atomic E-state index is 7.17. The standard InChI is InChI=1S/C16H21/c1-6-14-8-7-9-15(12-14)16(4,5)11-10-13(2)3/h7-9,12-13H,10-11H2,2-5H3. The first-order chi connectivity index (χ1) is 7.45. The van der Waals surface area contributed by atoms with Gasteiger partial charge in [-0.15, -0.1) is 0 Å². The van der Waals surface area contributed by atoms with Crippen LogP contribution >= 0.6 is 0 Å². The van der Waals surface area contributed by atoms with Crippen molar-refractivity contribution in [1.82, 2.24) is 0 Å². The first kappa shape index (κ1) is 12.8. The predicted molar refractivity (Wildman–Crippen MR) is 69.8 cm³/mol. The molecule has 0 aliphatic heterocycles. The fraction of sp³-hybridized carbons (Fsp3) is 0.500. The number of hydrogen-bond donors (Lipinski definition) is 0. The third-order valence-corrected chi connectivity index (χ3v) is 3.14. The molecular formula is C16H21. The third kappa shape index (κ3) is 3.42. The minimum Gasteiger partial charge on any atom is -0.0628 e. The molecule has 1 radical (unpaired) electrons. The fourth-order valence-corrected chi connectivity index (χ4v) is 1.81. The Hall–Kier alpha value is -1.22. The Morgan fingerprint density at radius 2 is 2.00 bits per heavy atom. The lowest BCUT2D eigenvalue weighted by Gasteiger charge is -2.26. The summed E-state index contributed by atoms with van der Waals surface area (Å²) in [6.07, 6.45) is 9.59. The molecule has 0 spiro atoms. The molecule has 0 aromatic heterocycles. The van der Waals surface area contributed by atoms with E-state index in [1.54, 1.807) is 0 Å². The van der Waals surface area contributed by atoms with Crippen LogP contribution in [0.3, 0.4) is 0 Å². The highest BCUT2D eigenvalue weighted by molar-refractivity contribution is 5.36. The van der Waals surface area contributed by atoms with Crippen LogP contribution in [0.5, 0.6) is 0 Å². The molecule has 1 aromatic rings. The normalized spacial score (nSPS) is 11.5. The quantitative estimate of drug-likeness (QED) is 0.653. The average molecular weight is 213 g/mol. The Kier molecular flexibility index (Phi) is 4.19. The minimum atomic E-state index is 0.192. The van der Waals surface area contributed by atoms with Gasteiger partial charge in [0.1, 0.15) is 0 Å². The van der Waals surface area contributed by atoms with Gasteiger partial charge in [0.15, 0.2) is 0 Å². The third-order valence-electron chi connectivity index (χ3n) is 3.14. The van der Waals surface area contributed by atoms with Crippen LogP contribution < -0.4 is 0 Å². The van der Waals surface area contributed by atoms with Gasteiger partial charge in [-0.1, -0.05) is 52.2 Å². The molecule has 0 nitrogen and oxygen atoms in total. The summed E-state index contributed by atoms with van der Waals surface area (Å²) in [6, 6.07) is 8.17. The molecule has 16 heavy (non-hydrogen) atoms. The largest absolute Gasteiger partial charge is 0.0628 e. The highest BCUT2D eigenvalue weighted by Gasteiger charge is 2.20. The van der Waals surface area contributed by atoms with E-state index in [2.05, 4.69) is 45.7 Å². The van der Waals surface area contributed by atoms with Crippen LogP contribution in [-0.4, -0.2) is 0 Å². The Labute approximate surface area is 100 Å². The highest BCUT2D eigenvalue weighted by Crippen LogP contribution is 2.30. The molecule has 0 amide bonds. The molecule has 0 fully saturated rings. The molecule has 85 valence electrons. The number of rotatable bonds is 4. The van der Waals surface area contributed by atoms with Gasteiger partial charge in [0.05, 0.1) is 0 Å². The Balaban J connectivity index is 2.85. The van der Waals surface area contributed by atoms with Crippen molar-refractivity contribution in [2.45, 2.75) is 46.0 Å². The lowest BCUT2D eigenvalue weighted by atomic mass is 9.78.